The maximum atomic E-state index is 13.5. The van der Waals surface area contributed by atoms with Gasteiger partial charge in [0, 0.05) is 6.07 Å². The summed E-state index contributed by atoms with van der Waals surface area (Å²) >= 11 is 0. The first-order valence-electron chi connectivity index (χ1n) is 10.4. The van der Waals surface area contributed by atoms with Gasteiger partial charge in [-0.15, -0.1) is 5.10 Å². The van der Waals surface area contributed by atoms with Crippen LogP contribution in [0, 0.1) is 0 Å². The molecule has 2 aromatic heterocycles. The van der Waals surface area contributed by atoms with E-state index in [1.807, 2.05) is 60.7 Å². The van der Waals surface area contributed by atoms with Gasteiger partial charge in [-0.2, -0.15) is 4.68 Å². The molecule has 0 unspecified atom stereocenters. The molecule has 0 saturated carbocycles. The summed E-state index contributed by atoms with van der Waals surface area (Å²) in [6.45, 7) is 0. The van der Waals surface area contributed by atoms with Crippen LogP contribution in [0.25, 0.3) is 16.9 Å². The van der Waals surface area contributed by atoms with Gasteiger partial charge in [0.2, 0.25) is 0 Å². The minimum atomic E-state index is -0.344. The van der Waals surface area contributed by atoms with Gasteiger partial charge >= 0.3 is 0 Å². The van der Waals surface area contributed by atoms with E-state index in [0.717, 1.165) is 11.1 Å². The second-order valence-electron chi connectivity index (χ2n) is 7.39. The minimum Gasteiger partial charge on any atom is -0.493 e. The lowest BCUT2D eigenvalue weighted by molar-refractivity contribution is 0.355. The molecular weight excluding hydrogens is 418 g/mol. The number of aromatic nitrogens is 5. The lowest BCUT2D eigenvalue weighted by Gasteiger charge is -2.20. The first-order valence-corrected chi connectivity index (χ1v) is 10.4. The van der Waals surface area contributed by atoms with Crippen molar-refractivity contribution in [3.8, 4) is 17.2 Å². The summed E-state index contributed by atoms with van der Waals surface area (Å²) in [5.41, 5.74) is 2.87. The molecule has 0 aliphatic rings. The molecule has 0 aliphatic heterocycles. The Bertz CT molecular complexity index is 1420. The fourth-order valence-electron chi connectivity index (χ4n) is 3.92. The number of hydrogen-bond acceptors (Lipinski definition) is 6. The number of hydrogen-bond donors (Lipinski definition) is 0. The maximum Gasteiger partial charge on any atom is 0.284 e. The Morgan fingerprint density at radius 3 is 2.06 bits per heavy atom. The summed E-state index contributed by atoms with van der Waals surface area (Å²) in [4.78, 5) is 18.1. The van der Waals surface area contributed by atoms with Gasteiger partial charge in [0.15, 0.2) is 22.7 Å². The molecular formula is C25H21N5O3. The van der Waals surface area contributed by atoms with E-state index in [4.69, 9.17) is 9.47 Å². The Hall–Kier alpha value is -4.46. The molecule has 8 nitrogen and oxygen atoms in total. The Balaban J connectivity index is 1.66. The van der Waals surface area contributed by atoms with Gasteiger partial charge in [0.25, 0.3) is 5.56 Å². The van der Waals surface area contributed by atoms with Crippen LogP contribution in [0.3, 0.4) is 0 Å². The third-order valence-corrected chi connectivity index (χ3v) is 5.51. The van der Waals surface area contributed by atoms with Crippen molar-refractivity contribution in [3.63, 3.8) is 0 Å². The van der Waals surface area contributed by atoms with Gasteiger partial charge in [-0.25, -0.2) is 4.98 Å². The quantitative estimate of drug-likeness (QED) is 0.402. The van der Waals surface area contributed by atoms with Gasteiger partial charge in [-0.3, -0.25) is 9.36 Å². The molecule has 8 heteroatoms. The summed E-state index contributed by atoms with van der Waals surface area (Å²) in [5, 5.41) is 8.37. The number of benzene rings is 3. The molecule has 0 saturated heterocycles. The highest BCUT2D eigenvalue weighted by Gasteiger charge is 2.21. The summed E-state index contributed by atoms with van der Waals surface area (Å²) in [6, 6.07) is 24.7. The van der Waals surface area contributed by atoms with Crippen molar-refractivity contribution in [2.45, 2.75) is 6.04 Å². The Morgan fingerprint density at radius 1 is 0.818 bits per heavy atom. The predicted octanol–water partition coefficient (Wildman–Crippen LogP) is 3.63. The number of methoxy groups -OCH3 is 2. The number of ether oxygens (including phenoxy) is 2. The van der Waals surface area contributed by atoms with E-state index in [-0.39, 0.29) is 17.1 Å². The molecule has 0 spiro atoms. The maximum absolute atomic E-state index is 13.5. The predicted molar refractivity (Wildman–Crippen MR) is 124 cm³/mol. The summed E-state index contributed by atoms with van der Waals surface area (Å²) in [6.07, 6.45) is 1.55. The normalized spacial score (nSPS) is 11.1. The smallest absolute Gasteiger partial charge is 0.284 e. The van der Waals surface area contributed by atoms with Crippen LogP contribution in [0.15, 0.2) is 90.0 Å². The first-order chi connectivity index (χ1) is 16.2. The topological polar surface area (TPSA) is 84.1 Å². The van der Waals surface area contributed by atoms with Gasteiger partial charge < -0.3 is 9.47 Å². The van der Waals surface area contributed by atoms with E-state index in [2.05, 4.69) is 15.3 Å². The second kappa shape index (κ2) is 8.58. The highest BCUT2D eigenvalue weighted by molar-refractivity contribution is 5.70. The fourth-order valence-corrected chi connectivity index (χ4v) is 3.92. The van der Waals surface area contributed by atoms with Crippen molar-refractivity contribution in [3.05, 3.63) is 107 Å². The van der Waals surface area contributed by atoms with E-state index in [9.17, 15) is 4.79 Å². The third-order valence-electron chi connectivity index (χ3n) is 5.51. The molecule has 164 valence electrons. The molecule has 5 aromatic rings. The molecule has 33 heavy (non-hydrogen) atoms. The third kappa shape index (κ3) is 3.61. The Morgan fingerprint density at radius 2 is 1.45 bits per heavy atom. The molecule has 0 bridgehead atoms. The highest BCUT2D eigenvalue weighted by atomic mass is 16.5. The van der Waals surface area contributed by atoms with Crippen LogP contribution in [0.2, 0.25) is 0 Å². The standard InChI is InChI=1S/C25H21N5O3/c1-32-20-14-13-19(15-21(20)33-2)30-24-22(27-28-30)25(31)29(16-26-24)23(17-9-5-3-6-10-17)18-11-7-4-8-12-18/h3-16,23H,1-2H3. The summed E-state index contributed by atoms with van der Waals surface area (Å²) < 4.78 is 13.8. The molecule has 5 rings (SSSR count). The van der Waals surface area contributed by atoms with E-state index in [1.54, 1.807) is 43.3 Å². The monoisotopic (exact) mass is 439 g/mol. The Labute approximate surface area is 189 Å². The molecule has 0 amide bonds. The lowest BCUT2D eigenvalue weighted by Crippen LogP contribution is -2.27. The average Bonchev–Trinajstić information content (AvgIpc) is 3.31. The lowest BCUT2D eigenvalue weighted by atomic mass is 9.98. The SMILES string of the molecule is COc1ccc(-n2nnc3c(=O)n(C(c4ccccc4)c4ccccc4)cnc32)cc1OC. The zero-order valence-electron chi connectivity index (χ0n) is 18.1. The van der Waals surface area contributed by atoms with Crippen molar-refractivity contribution in [1.29, 1.82) is 0 Å². The number of fused-ring (bicyclic) bond motifs is 1. The Kier molecular flexibility index (Phi) is 5.32. The first kappa shape index (κ1) is 20.4. The van der Waals surface area contributed by atoms with E-state index < -0.39 is 0 Å². The van der Waals surface area contributed by atoms with Crippen LogP contribution in [0.5, 0.6) is 11.5 Å². The zero-order chi connectivity index (χ0) is 22.8. The van der Waals surface area contributed by atoms with Crippen molar-refractivity contribution in [2.24, 2.45) is 0 Å². The minimum absolute atomic E-state index is 0.184. The van der Waals surface area contributed by atoms with Gasteiger partial charge in [0.05, 0.1) is 25.9 Å². The second-order valence-corrected chi connectivity index (χ2v) is 7.39. The van der Waals surface area contributed by atoms with Gasteiger partial charge in [0.1, 0.15) is 6.33 Å². The fraction of sp³-hybridized carbons (Fsp3) is 0.120. The molecule has 0 aliphatic carbocycles. The van der Waals surface area contributed by atoms with Crippen LogP contribution >= 0.6 is 0 Å². The van der Waals surface area contributed by atoms with Crippen molar-refractivity contribution in [2.75, 3.05) is 14.2 Å². The molecule has 0 radical (unpaired) electrons. The highest BCUT2D eigenvalue weighted by Crippen LogP contribution is 2.30. The van der Waals surface area contributed by atoms with Crippen molar-refractivity contribution in [1.82, 2.24) is 24.5 Å². The molecule has 0 N–H and O–H groups in total. The number of rotatable bonds is 6. The van der Waals surface area contributed by atoms with Crippen LogP contribution in [0.4, 0.5) is 0 Å². The average molecular weight is 439 g/mol. The molecule has 0 fully saturated rings. The van der Waals surface area contributed by atoms with Gasteiger partial charge in [-0.05, 0) is 23.3 Å². The summed E-state index contributed by atoms with van der Waals surface area (Å²) in [5.74, 6) is 1.13. The van der Waals surface area contributed by atoms with Crippen molar-refractivity contribution < 1.29 is 9.47 Å². The largest absolute Gasteiger partial charge is 0.493 e. The summed E-state index contributed by atoms with van der Waals surface area (Å²) in [7, 11) is 3.13. The molecule has 2 heterocycles. The number of nitrogens with zero attached hydrogens (tertiary/aromatic N) is 5. The van der Waals surface area contributed by atoms with Crippen LogP contribution in [0.1, 0.15) is 17.2 Å². The molecule has 0 atom stereocenters. The van der Waals surface area contributed by atoms with E-state index >= 15 is 0 Å². The van der Waals surface area contributed by atoms with E-state index in [1.165, 1.54) is 4.68 Å². The van der Waals surface area contributed by atoms with Crippen LogP contribution < -0.4 is 15.0 Å². The zero-order valence-corrected chi connectivity index (χ0v) is 18.1. The van der Waals surface area contributed by atoms with E-state index in [0.29, 0.717) is 22.8 Å². The van der Waals surface area contributed by atoms with Gasteiger partial charge in [-0.1, -0.05) is 65.9 Å². The van der Waals surface area contributed by atoms with Crippen LogP contribution in [-0.2, 0) is 0 Å². The van der Waals surface area contributed by atoms with Crippen LogP contribution in [-0.4, -0.2) is 38.8 Å². The molecule has 3 aromatic carbocycles. The van der Waals surface area contributed by atoms with Crippen molar-refractivity contribution >= 4 is 11.2 Å².